The van der Waals surface area contributed by atoms with Crippen molar-refractivity contribution >= 4 is 39.7 Å². The number of hydrogen-bond donors (Lipinski definition) is 2. The number of fused-ring (bicyclic) bond motifs is 4. The summed E-state index contributed by atoms with van der Waals surface area (Å²) in [6, 6.07) is 49.6. The van der Waals surface area contributed by atoms with Gasteiger partial charge in [-0.1, -0.05) is 127 Å². The first kappa shape index (κ1) is 24.0. The van der Waals surface area contributed by atoms with Crippen LogP contribution in [0.15, 0.2) is 149 Å². The minimum Gasteiger partial charge on any atom is -0.368 e. The van der Waals surface area contributed by atoms with E-state index in [2.05, 4.69) is 150 Å². The summed E-state index contributed by atoms with van der Waals surface area (Å²) in [5.74, 6) is 0.895. The Morgan fingerprint density at radius 3 is 2.17 bits per heavy atom. The van der Waals surface area contributed by atoms with E-state index in [1.807, 2.05) is 11.8 Å². The molecule has 3 nitrogen and oxygen atoms in total. The third kappa shape index (κ3) is 4.37. The van der Waals surface area contributed by atoms with E-state index in [1.165, 1.54) is 49.2 Å². The lowest BCUT2D eigenvalue weighted by atomic mass is 9.95. The molecule has 0 radical (unpaired) electrons. The Hall–Kier alpha value is -4.80. The molecule has 41 heavy (non-hydrogen) atoms. The van der Waals surface area contributed by atoms with E-state index in [-0.39, 0.29) is 11.4 Å². The summed E-state index contributed by atoms with van der Waals surface area (Å²) in [6.07, 6.45) is 0. The standard InChI is InChI=1S/C37H27N3S/c1-3-10-24(11-4-1)34-31-16-7-8-17-32(31)38-36(39-34)29-15-9-14-26(23-29)27-18-20-30-28(22-27)19-21-33-35(30)40-37(41-33)25-12-5-2-6-13-25/h1-23,34,37,40H,(H,38,39). The molecule has 6 aromatic carbocycles. The van der Waals surface area contributed by atoms with Crippen molar-refractivity contribution < 1.29 is 0 Å². The molecular formula is C37H27N3S. The van der Waals surface area contributed by atoms with Crippen molar-refractivity contribution in [2.45, 2.75) is 16.3 Å². The molecule has 0 bridgehead atoms. The number of hydrogen-bond acceptors (Lipinski definition) is 4. The number of nitrogens with one attached hydrogen (secondary N) is 2. The zero-order valence-corrected chi connectivity index (χ0v) is 23.1. The molecule has 8 rings (SSSR count). The highest BCUT2D eigenvalue weighted by Gasteiger charge is 2.25. The second kappa shape index (κ2) is 9.99. The lowest BCUT2D eigenvalue weighted by Gasteiger charge is -2.26. The Bertz CT molecular complexity index is 1930. The summed E-state index contributed by atoms with van der Waals surface area (Å²) in [4.78, 5) is 6.52. The zero-order valence-electron chi connectivity index (χ0n) is 22.3. The van der Waals surface area contributed by atoms with E-state index in [4.69, 9.17) is 4.99 Å². The first-order valence-electron chi connectivity index (χ1n) is 13.9. The highest BCUT2D eigenvalue weighted by atomic mass is 32.2. The van der Waals surface area contributed by atoms with E-state index in [9.17, 15) is 0 Å². The fraction of sp³-hybridized carbons (Fsp3) is 0.0541. The molecule has 0 saturated heterocycles. The average Bonchev–Trinajstić information content (AvgIpc) is 3.50. The normalized spacial score (nSPS) is 17.2. The van der Waals surface area contributed by atoms with Crippen molar-refractivity contribution in [1.29, 1.82) is 0 Å². The number of para-hydroxylation sites is 1. The van der Waals surface area contributed by atoms with Crippen LogP contribution in [0.5, 0.6) is 0 Å². The molecule has 2 unspecified atom stereocenters. The molecule has 196 valence electrons. The average molecular weight is 546 g/mol. The van der Waals surface area contributed by atoms with Crippen LogP contribution in [0, 0.1) is 0 Å². The fourth-order valence-electron chi connectivity index (χ4n) is 5.89. The number of rotatable bonds is 4. The molecule has 0 saturated carbocycles. The van der Waals surface area contributed by atoms with Crippen LogP contribution in [0.4, 0.5) is 11.4 Å². The second-order valence-electron chi connectivity index (χ2n) is 10.5. The molecule has 0 aromatic heterocycles. The van der Waals surface area contributed by atoms with Crippen molar-refractivity contribution in [3.05, 3.63) is 162 Å². The van der Waals surface area contributed by atoms with Gasteiger partial charge in [0.25, 0.3) is 0 Å². The van der Waals surface area contributed by atoms with Crippen LogP contribution in [0.3, 0.4) is 0 Å². The molecule has 2 aliphatic rings. The third-order valence-electron chi connectivity index (χ3n) is 7.96. The largest absolute Gasteiger partial charge is 0.368 e. The molecule has 6 aromatic rings. The van der Waals surface area contributed by atoms with Gasteiger partial charge in [-0.3, -0.25) is 4.99 Å². The predicted molar refractivity (Wildman–Crippen MR) is 173 cm³/mol. The second-order valence-corrected chi connectivity index (χ2v) is 11.7. The van der Waals surface area contributed by atoms with Crippen molar-refractivity contribution in [2.75, 3.05) is 10.6 Å². The molecule has 2 heterocycles. The summed E-state index contributed by atoms with van der Waals surface area (Å²) in [6.45, 7) is 0. The van der Waals surface area contributed by atoms with E-state index in [1.54, 1.807) is 0 Å². The highest BCUT2D eigenvalue weighted by Crippen LogP contribution is 2.49. The van der Waals surface area contributed by atoms with Gasteiger partial charge in [0, 0.05) is 27.1 Å². The van der Waals surface area contributed by atoms with Crippen LogP contribution in [0.1, 0.15) is 33.7 Å². The SMILES string of the molecule is c1ccc(C2Nc3c(ccc4cc(-c5cccc(C6=NC(c7ccccc7)c7ccccc7N6)c5)ccc34)S2)cc1. The van der Waals surface area contributed by atoms with Gasteiger partial charge in [0.05, 0.1) is 5.69 Å². The smallest absolute Gasteiger partial charge is 0.133 e. The number of amidine groups is 1. The maximum absolute atomic E-state index is 5.21. The molecule has 4 heteroatoms. The molecule has 2 N–H and O–H groups in total. The fourth-order valence-corrected chi connectivity index (χ4v) is 7.05. The Labute approximate surface area is 244 Å². The minimum absolute atomic E-state index is 0.0415. The maximum atomic E-state index is 5.21. The van der Waals surface area contributed by atoms with Gasteiger partial charge >= 0.3 is 0 Å². The Kier molecular flexibility index (Phi) is 5.86. The summed E-state index contributed by atoms with van der Waals surface area (Å²) in [5, 5.41) is 10.1. The maximum Gasteiger partial charge on any atom is 0.133 e. The summed E-state index contributed by atoms with van der Waals surface area (Å²) in [5.41, 5.74) is 9.47. The Morgan fingerprint density at radius 2 is 1.32 bits per heavy atom. The summed E-state index contributed by atoms with van der Waals surface area (Å²) >= 11 is 1.88. The molecule has 2 aliphatic heterocycles. The van der Waals surface area contributed by atoms with E-state index >= 15 is 0 Å². The first-order chi connectivity index (χ1) is 20.3. The van der Waals surface area contributed by atoms with Gasteiger partial charge in [-0.2, -0.15) is 0 Å². The van der Waals surface area contributed by atoms with Crippen LogP contribution in [0.2, 0.25) is 0 Å². The first-order valence-corrected chi connectivity index (χ1v) is 14.8. The van der Waals surface area contributed by atoms with Gasteiger partial charge in [0.1, 0.15) is 17.3 Å². The third-order valence-corrected chi connectivity index (χ3v) is 9.18. The van der Waals surface area contributed by atoms with Crippen LogP contribution in [0.25, 0.3) is 21.9 Å². The van der Waals surface area contributed by atoms with Crippen molar-refractivity contribution in [3.8, 4) is 11.1 Å². The van der Waals surface area contributed by atoms with E-state index < -0.39 is 0 Å². The van der Waals surface area contributed by atoms with Crippen LogP contribution in [-0.4, -0.2) is 5.84 Å². The summed E-state index contributed by atoms with van der Waals surface area (Å²) < 4.78 is 0. The van der Waals surface area contributed by atoms with Gasteiger partial charge in [0.15, 0.2) is 0 Å². The van der Waals surface area contributed by atoms with Crippen LogP contribution >= 0.6 is 11.8 Å². The molecule has 0 amide bonds. The van der Waals surface area contributed by atoms with Gasteiger partial charge in [0.2, 0.25) is 0 Å². The van der Waals surface area contributed by atoms with E-state index in [0.29, 0.717) is 0 Å². The number of anilines is 2. The molecular weight excluding hydrogens is 518 g/mol. The molecule has 2 atom stereocenters. The quantitative estimate of drug-likeness (QED) is 0.231. The van der Waals surface area contributed by atoms with E-state index in [0.717, 1.165) is 17.1 Å². The highest BCUT2D eigenvalue weighted by molar-refractivity contribution is 8.00. The lowest BCUT2D eigenvalue weighted by Crippen LogP contribution is -2.22. The Morgan fingerprint density at radius 1 is 0.585 bits per heavy atom. The van der Waals surface area contributed by atoms with Gasteiger partial charge in [-0.05, 0) is 51.9 Å². The lowest BCUT2D eigenvalue weighted by molar-refractivity contribution is 0.863. The Balaban J connectivity index is 1.14. The topological polar surface area (TPSA) is 36.4 Å². The number of aliphatic imine (C=N–C) groups is 1. The molecule has 0 spiro atoms. The zero-order chi connectivity index (χ0) is 27.2. The van der Waals surface area contributed by atoms with Gasteiger partial charge in [-0.15, -0.1) is 0 Å². The van der Waals surface area contributed by atoms with Crippen molar-refractivity contribution in [3.63, 3.8) is 0 Å². The number of thioether (sulfide) groups is 1. The van der Waals surface area contributed by atoms with Gasteiger partial charge < -0.3 is 10.6 Å². The monoisotopic (exact) mass is 545 g/mol. The minimum atomic E-state index is -0.0415. The van der Waals surface area contributed by atoms with Gasteiger partial charge in [-0.25, -0.2) is 0 Å². The molecule has 0 fully saturated rings. The molecule has 0 aliphatic carbocycles. The van der Waals surface area contributed by atoms with Crippen molar-refractivity contribution in [2.24, 2.45) is 4.99 Å². The van der Waals surface area contributed by atoms with Crippen molar-refractivity contribution in [1.82, 2.24) is 0 Å². The summed E-state index contributed by atoms with van der Waals surface area (Å²) in [7, 11) is 0. The number of nitrogens with zero attached hydrogens (tertiary/aromatic N) is 1. The number of benzene rings is 6. The predicted octanol–water partition coefficient (Wildman–Crippen LogP) is 9.68. The van der Waals surface area contributed by atoms with Crippen LogP contribution < -0.4 is 10.6 Å². The van der Waals surface area contributed by atoms with Crippen LogP contribution in [-0.2, 0) is 0 Å².